The predicted molar refractivity (Wildman–Crippen MR) is 68.7 cm³/mol. The summed E-state index contributed by atoms with van der Waals surface area (Å²) in [6.07, 6.45) is 0. The molecule has 4 nitrogen and oxygen atoms in total. The minimum atomic E-state index is -0.115. The third-order valence-electron chi connectivity index (χ3n) is 2.07. The molecule has 0 heterocycles. The van der Waals surface area contributed by atoms with Crippen molar-refractivity contribution in [3.63, 3.8) is 0 Å². The molecule has 0 fully saturated rings. The molecule has 94 valence electrons. The first-order valence-corrected chi connectivity index (χ1v) is 5.82. The Morgan fingerprint density at radius 1 is 1.35 bits per heavy atom. The van der Waals surface area contributed by atoms with Crippen molar-refractivity contribution < 1.29 is 14.3 Å². The SMILES string of the molecule is COCCOCCNC(=O)c1cccc(S)c1. The summed E-state index contributed by atoms with van der Waals surface area (Å²) in [5.74, 6) is -0.115. The lowest BCUT2D eigenvalue weighted by Gasteiger charge is -2.06. The van der Waals surface area contributed by atoms with Crippen LogP contribution in [0.1, 0.15) is 10.4 Å². The zero-order chi connectivity index (χ0) is 12.5. The summed E-state index contributed by atoms with van der Waals surface area (Å²) in [5.41, 5.74) is 0.606. The van der Waals surface area contributed by atoms with E-state index in [1.165, 1.54) is 0 Å². The van der Waals surface area contributed by atoms with E-state index in [1.807, 2.05) is 6.07 Å². The molecule has 1 amide bonds. The highest BCUT2D eigenvalue weighted by molar-refractivity contribution is 7.80. The van der Waals surface area contributed by atoms with Crippen LogP contribution in [0.2, 0.25) is 0 Å². The van der Waals surface area contributed by atoms with Gasteiger partial charge in [0.1, 0.15) is 0 Å². The highest BCUT2D eigenvalue weighted by atomic mass is 32.1. The number of ether oxygens (including phenoxy) is 2. The van der Waals surface area contributed by atoms with E-state index in [9.17, 15) is 4.79 Å². The maximum atomic E-state index is 11.7. The highest BCUT2D eigenvalue weighted by Crippen LogP contribution is 2.08. The third-order valence-corrected chi connectivity index (χ3v) is 2.35. The zero-order valence-electron chi connectivity index (χ0n) is 9.81. The molecule has 0 bridgehead atoms. The summed E-state index contributed by atoms with van der Waals surface area (Å²) in [4.78, 5) is 12.4. The minimum Gasteiger partial charge on any atom is -0.382 e. The van der Waals surface area contributed by atoms with Crippen LogP contribution in [0.5, 0.6) is 0 Å². The molecule has 0 saturated heterocycles. The van der Waals surface area contributed by atoms with E-state index < -0.39 is 0 Å². The molecular weight excluding hydrogens is 238 g/mol. The van der Waals surface area contributed by atoms with Gasteiger partial charge in [0.05, 0.1) is 19.8 Å². The number of hydrogen-bond donors (Lipinski definition) is 2. The Kier molecular flexibility index (Phi) is 6.69. The van der Waals surface area contributed by atoms with Gasteiger partial charge in [-0.25, -0.2) is 0 Å². The van der Waals surface area contributed by atoms with Crippen LogP contribution in [0.4, 0.5) is 0 Å². The standard InChI is InChI=1S/C12H17NO3S/c1-15-7-8-16-6-5-13-12(14)10-3-2-4-11(17)9-10/h2-4,9,17H,5-8H2,1H3,(H,13,14). The van der Waals surface area contributed by atoms with Gasteiger partial charge in [-0.1, -0.05) is 6.07 Å². The number of thiol groups is 1. The molecule has 0 spiro atoms. The Morgan fingerprint density at radius 2 is 2.18 bits per heavy atom. The van der Waals surface area contributed by atoms with Gasteiger partial charge in [0, 0.05) is 24.1 Å². The number of nitrogens with one attached hydrogen (secondary N) is 1. The topological polar surface area (TPSA) is 47.6 Å². The lowest BCUT2D eigenvalue weighted by Crippen LogP contribution is -2.27. The van der Waals surface area contributed by atoms with Gasteiger partial charge in [0.15, 0.2) is 0 Å². The highest BCUT2D eigenvalue weighted by Gasteiger charge is 2.04. The van der Waals surface area contributed by atoms with Gasteiger partial charge < -0.3 is 14.8 Å². The number of hydrogen-bond acceptors (Lipinski definition) is 4. The van der Waals surface area contributed by atoms with Crippen molar-refractivity contribution >= 4 is 18.5 Å². The van der Waals surface area contributed by atoms with E-state index in [0.717, 1.165) is 4.90 Å². The number of benzene rings is 1. The van der Waals surface area contributed by atoms with Gasteiger partial charge in [-0.3, -0.25) is 4.79 Å². The number of carbonyl (C=O) groups is 1. The van der Waals surface area contributed by atoms with Crippen LogP contribution < -0.4 is 5.32 Å². The van der Waals surface area contributed by atoms with E-state index in [4.69, 9.17) is 9.47 Å². The molecule has 1 aromatic rings. The Labute approximate surface area is 107 Å². The van der Waals surface area contributed by atoms with Gasteiger partial charge in [-0.2, -0.15) is 0 Å². The number of rotatable bonds is 7. The summed E-state index contributed by atoms with van der Waals surface area (Å²) in [5, 5.41) is 2.76. The van der Waals surface area contributed by atoms with Crippen molar-refractivity contribution in [2.75, 3.05) is 33.5 Å². The Hall–Kier alpha value is -1.04. The quantitative estimate of drug-likeness (QED) is 0.571. The number of amides is 1. The van der Waals surface area contributed by atoms with Gasteiger partial charge in [0.25, 0.3) is 5.91 Å². The van der Waals surface area contributed by atoms with Crippen molar-refractivity contribution in [3.05, 3.63) is 29.8 Å². The summed E-state index contributed by atoms with van der Waals surface area (Å²) >= 11 is 4.18. The van der Waals surface area contributed by atoms with E-state index in [1.54, 1.807) is 25.3 Å². The molecule has 0 saturated carbocycles. The summed E-state index contributed by atoms with van der Waals surface area (Å²) < 4.78 is 10.1. The maximum absolute atomic E-state index is 11.7. The van der Waals surface area contributed by atoms with Gasteiger partial charge in [-0.15, -0.1) is 12.6 Å². The van der Waals surface area contributed by atoms with Crippen molar-refractivity contribution in [2.24, 2.45) is 0 Å². The number of methoxy groups -OCH3 is 1. The van der Waals surface area contributed by atoms with Gasteiger partial charge >= 0.3 is 0 Å². The lowest BCUT2D eigenvalue weighted by molar-refractivity contribution is 0.0692. The monoisotopic (exact) mass is 255 g/mol. The third kappa shape index (κ3) is 5.72. The summed E-state index contributed by atoms with van der Waals surface area (Å²) in [6, 6.07) is 7.10. The average Bonchev–Trinajstić information content (AvgIpc) is 2.33. The van der Waals surface area contributed by atoms with Crippen LogP contribution in [0.25, 0.3) is 0 Å². The molecule has 1 N–H and O–H groups in total. The van der Waals surface area contributed by atoms with Crippen molar-refractivity contribution in [1.82, 2.24) is 5.32 Å². The van der Waals surface area contributed by atoms with E-state index in [0.29, 0.717) is 31.9 Å². The fourth-order valence-corrected chi connectivity index (χ4v) is 1.46. The van der Waals surface area contributed by atoms with Crippen molar-refractivity contribution in [3.8, 4) is 0 Å². The van der Waals surface area contributed by atoms with Crippen molar-refractivity contribution in [2.45, 2.75) is 4.90 Å². The van der Waals surface area contributed by atoms with Crippen LogP contribution in [-0.4, -0.2) is 39.4 Å². The predicted octanol–water partition coefficient (Wildman–Crippen LogP) is 1.37. The van der Waals surface area contributed by atoms with E-state index >= 15 is 0 Å². The van der Waals surface area contributed by atoms with Crippen LogP contribution in [0, 0.1) is 0 Å². The largest absolute Gasteiger partial charge is 0.382 e. The fraction of sp³-hybridized carbons (Fsp3) is 0.417. The molecule has 0 atom stereocenters. The molecule has 5 heteroatoms. The van der Waals surface area contributed by atoms with Crippen LogP contribution in [0.15, 0.2) is 29.2 Å². The van der Waals surface area contributed by atoms with Crippen LogP contribution >= 0.6 is 12.6 Å². The first-order chi connectivity index (χ1) is 8.24. The molecule has 0 aliphatic carbocycles. The zero-order valence-corrected chi connectivity index (χ0v) is 10.7. The second kappa shape index (κ2) is 8.11. The minimum absolute atomic E-state index is 0.115. The Morgan fingerprint density at radius 3 is 2.88 bits per heavy atom. The summed E-state index contributed by atoms with van der Waals surface area (Å²) in [6.45, 7) is 2.07. The second-order valence-electron chi connectivity index (χ2n) is 3.41. The molecule has 1 rings (SSSR count). The van der Waals surface area contributed by atoms with Crippen LogP contribution in [-0.2, 0) is 9.47 Å². The number of carbonyl (C=O) groups excluding carboxylic acids is 1. The van der Waals surface area contributed by atoms with E-state index in [2.05, 4.69) is 17.9 Å². The Balaban J connectivity index is 2.21. The van der Waals surface area contributed by atoms with Gasteiger partial charge in [0.2, 0.25) is 0 Å². The average molecular weight is 255 g/mol. The Bertz CT molecular complexity index is 357. The van der Waals surface area contributed by atoms with Gasteiger partial charge in [-0.05, 0) is 18.2 Å². The molecular formula is C12H17NO3S. The first kappa shape index (κ1) is 14.0. The fourth-order valence-electron chi connectivity index (χ4n) is 1.23. The van der Waals surface area contributed by atoms with Crippen molar-refractivity contribution in [1.29, 1.82) is 0 Å². The maximum Gasteiger partial charge on any atom is 0.251 e. The molecule has 0 unspecified atom stereocenters. The molecule has 0 aromatic heterocycles. The second-order valence-corrected chi connectivity index (χ2v) is 3.93. The first-order valence-electron chi connectivity index (χ1n) is 5.38. The molecule has 1 aromatic carbocycles. The molecule has 0 aliphatic rings. The molecule has 0 radical (unpaired) electrons. The normalized spacial score (nSPS) is 10.2. The van der Waals surface area contributed by atoms with E-state index in [-0.39, 0.29) is 5.91 Å². The molecule has 17 heavy (non-hydrogen) atoms. The smallest absolute Gasteiger partial charge is 0.251 e. The molecule has 0 aliphatic heterocycles. The van der Waals surface area contributed by atoms with Crippen LogP contribution in [0.3, 0.4) is 0 Å². The lowest BCUT2D eigenvalue weighted by atomic mass is 10.2. The summed E-state index contributed by atoms with van der Waals surface area (Å²) in [7, 11) is 1.62.